The van der Waals surface area contributed by atoms with Crippen LogP contribution in [0.4, 0.5) is 0 Å². The van der Waals surface area contributed by atoms with Crippen molar-refractivity contribution < 1.29 is 9.47 Å². The molecule has 0 saturated heterocycles. The molecule has 0 unspecified atom stereocenters. The molecular weight excluding hydrogens is 300 g/mol. The van der Waals surface area contributed by atoms with Gasteiger partial charge in [0.1, 0.15) is 0 Å². The van der Waals surface area contributed by atoms with Gasteiger partial charge in [0.05, 0.1) is 19.3 Å². The fourth-order valence-electron chi connectivity index (χ4n) is 2.81. The summed E-state index contributed by atoms with van der Waals surface area (Å²) in [5.41, 5.74) is 1.15. The molecule has 0 bridgehead atoms. The lowest BCUT2D eigenvalue weighted by molar-refractivity contribution is 0.166. The second kappa shape index (κ2) is 14.2. The number of rotatable bonds is 15. The van der Waals surface area contributed by atoms with Crippen molar-refractivity contribution in [2.45, 2.75) is 71.3 Å². The smallest absolute Gasteiger partial charge is 0.213 e. The van der Waals surface area contributed by atoms with E-state index in [1.165, 1.54) is 51.4 Å². The molecule has 1 N–H and O–H groups in total. The van der Waals surface area contributed by atoms with Gasteiger partial charge < -0.3 is 14.8 Å². The minimum atomic E-state index is 0.197. The van der Waals surface area contributed by atoms with E-state index in [0.717, 1.165) is 12.1 Å². The number of nitrogens with zero attached hydrogens (tertiary/aromatic N) is 1. The van der Waals surface area contributed by atoms with E-state index in [1.807, 2.05) is 19.2 Å². The van der Waals surface area contributed by atoms with Crippen LogP contribution in [-0.4, -0.2) is 31.9 Å². The van der Waals surface area contributed by atoms with Crippen molar-refractivity contribution in [3.05, 3.63) is 23.9 Å². The summed E-state index contributed by atoms with van der Waals surface area (Å²) >= 11 is 0. The molecule has 0 radical (unpaired) electrons. The second-order valence-corrected chi connectivity index (χ2v) is 6.30. The summed E-state index contributed by atoms with van der Waals surface area (Å²) in [7, 11) is 1.74. The van der Waals surface area contributed by atoms with Crippen LogP contribution >= 0.6 is 0 Å². The predicted molar refractivity (Wildman–Crippen MR) is 101 cm³/mol. The molecule has 1 rings (SSSR count). The highest BCUT2D eigenvalue weighted by Gasteiger charge is 2.11. The van der Waals surface area contributed by atoms with Gasteiger partial charge in [0, 0.05) is 19.4 Å². The van der Waals surface area contributed by atoms with Gasteiger partial charge in [-0.1, -0.05) is 57.9 Å². The highest BCUT2D eigenvalue weighted by Crippen LogP contribution is 2.16. The zero-order chi connectivity index (χ0) is 17.5. The minimum absolute atomic E-state index is 0.197. The molecule has 0 aromatic carbocycles. The van der Waals surface area contributed by atoms with E-state index in [1.54, 1.807) is 7.11 Å². The van der Waals surface area contributed by atoms with Crippen LogP contribution in [0.3, 0.4) is 0 Å². The number of ether oxygens (including phenoxy) is 2. The van der Waals surface area contributed by atoms with E-state index in [0.29, 0.717) is 19.1 Å². The van der Waals surface area contributed by atoms with Crippen LogP contribution < -0.4 is 10.1 Å². The maximum atomic E-state index is 5.40. The van der Waals surface area contributed by atoms with Crippen molar-refractivity contribution >= 4 is 0 Å². The third kappa shape index (κ3) is 9.24. The maximum absolute atomic E-state index is 5.40. The van der Waals surface area contributed by atoms with E-state index in [4.69, 9.17) is 9.47 Å². The summed E-state index contributed by atoms with van der Waals surface area (Å²) in [6, 6.07) is 4.20. The van der Waals surface area contributed by atoms with Crippen molar-refractivity contribution in [3.8, 4) is 5.88 Å². The Morgan fingerprint density at radius 3 is 2.29 bits per heavy atom. The Morgan fingerprint density at radius 1 is 1.00 bits per heavy atom. The molecule has 4 nitrogen and oxygen atoms in total. The average molecular weight is 337 g/mol. The standard InChI is InChI=1S/C20H36N2O2/c1-4-6-7-8-9-10-11-12-15-21-19(17-23-3)18-13-14-20(22-16-18)24-5-2/h13-14,16,19,21H,4-12,15,17H2,1-3H3/t19-/m0/s1. The fraction of sp³-hybridized carbons (Fsp3) is 0.750. The van der Waals surface area contributed by atoms with Gasteiger partial charge in [0.15, 0.2) is 0 Å². The molecule has 0 aliphatic rings. The Morgan fingerprint density at radius 2 is 1.71 bits per heavy atom. The number of hydrogen-bond donors (Lipinski definition) is 1. The molecule has 1 aromatic heterocycles. The number of methoxy groups -OCH3 is 1. The van der Waals surface area contributed by atoms with Crippen LogP contribution in [0.2, 0.25) is 0 Å². The quantitative estimate of drug-likeness (QED) is 0.463. The molecule has 0 fully saturated rings. The van der Waals surface area contributed by atoms with Crippen LogP contribution in [0.1, 0.15) is 76.8 Å². The summed E-state index contributed by atoms with van der Waals surface area (Å²) in [4.78, 5) is 4.35. The third-order valence-electron chi connectivity index (χ3n) is 4.21. The average Bonchev–Trinajstić information content (AvgIpc) is 2.60. The molecule has 1 atom stereocenters. The molecule has 24 heavy (non-hydrogen) atoms. The first-order valence-electron chi connectivity index (χ1n) is 9.62. The maximum Gasteiger partial charge on any atom is 0.213 e. The Kier molecular flexibility index (Phi) is 12.4. The van der Waals surface area contributed by atoms with E-state index < -0.39 is 0 Å². The van der Waals surface area contributed by atoms with Crippen molar-refractivity contribution in [1.82, 2.24) is 10.3 Å². The van der Waals surface area contributed by atoms with Crippen molar-refractivity contribution in [3.63, 3.8) is 0 Å². The van der Waals surface area contributed by atoms with Crippen molar-refractivity contribution in [2.24, 2.45) is 0 Å². The Bertz CT molecular complexity index is 395. The summed E-state index contributed by atoms with van der Waals surface area (Å²) in [5.74, 6) is 0.681. The molecule has 1 aromatic rings. The summed E-state index contributed by atoms with van der Waals surface area (Å²) in [6.45, 7) is 6.56. The summed E-state index contributed by atoms with van der Waals surface area (Å²) in [5, 5.41) is 3.59. The first-order valence-corrected chi connectivity index (χ1v) is 9.62. The summed E-state index contributed by atoms with van der Waals surface area (Å²) < 4.78 is 10.7. The SMILES string of the molecule is CCCCCCCCCCN[C@@H](COC)c1ccc(OCC)nc1. The molecule has 4 heteroatoms. The Hall–Kier alpha value is -1.13. The monoisotopic (exact) mass is 336 g/mol. The Labute approximate surface area is 148 Å². The van der Waals surface area contributed by atoms with Crippen LogP contribution in [0.5, 0.6) is 5.88 Å². The van der Waals surface area contributed by atoms with Crippen LogP contribution in [0.15, 0.2) is 18.3 Å². The van der Waals surface area contributed by atoms with Gasteiger partial charge in [-0.2, -0.15) is 0 Å². The zero-order valence-corrected chi connectivity index (χ0v) is 15.9. The van der Waals surface area contributed by atoms with Gasteiger partial charge in [0.2, 0.25) is 5.88 Å². The van der Waals surface area contributed by atoms with Gasteiger partial charge in [-0.25, -0.2) is 4.98 Å². The van der Waals surface area contributed by atoms with Crippen molar-refractivity contribution in [2.75, 3.05) is 26.9 Å². The van der Waals surface area contributed by atoms with Gasteiger partial charge >= 0.3 is 0 Å². The van der Waals surface area contributed by atoms with Crippen molar-refractivity contribution in [1.29, 1.82) is 0 Å². The number of hydrogen-bond acceptors (Lipinski definition) is 4. The molecule has 0 amide bonds. The van der Waals surface area contributed by atoms with Crippen LogP contribution in [0.25, 0.3) is 0 Å². The Balaban J connectivity index is 2.23. The number of aromatic nitrogens is 1. The highest BCUT2D eigenvalue weighted by atomic mass is 16.5. The van der Waals surface area contributed by atoms with Crippen LogP contribution in [-0.2, 0) is 4.74 Å². The summed E-state index contributed by atoms with van der Waals surface area (Å²) in [6.07, 6.45) is 12.6. The van der Waals surface area contributed by atoms with E-state index in [2.05, 4.69) is 23.3 Å². The van der Waals surface area contributed by atoms with E-state index in [9.17, 15) is 0 Å². The number of unbranched alkanes of at least 4 members (excludes halogenated alkanes) is 7. The predicted octanol–water partition coefficient (Wildman–Crippen LogP) is 4.90. The normalized spacial score (nSPS) is 12.3. The van der Waals surface area contributed by atoms with E-state index in [-0.39, 0.29) is 6.04 Å². The second-order valence-electron chi connectivity index (χ2n) is 6.30. The number of pyridine rings is 1. The lowest BCUT2D eigenvalue weighted by Crippen LogP contribution is -2.26. The first kappa shape index (κ1) is 20.9. The van der Waals surface area contributed by atoms with Gasteiger partial charge in [0.25, 0.3) is 0 Å². The zero-order valence-electron chi connectivity index (χ0n) is 15.9. The molecule has 0 aliphatic heterocycles. The molecule has 1 heterocycles. The largest absolute Gasteiger partial charge is 0.478 e. The third-order valence-corrected chi connectivity index (χ3v) is 4.21. The lowest BCUT2D eigenvalue weighted by Gasteiger charge is -2.18. The van der Waals surface area contributed by atoms with Gasteiger partial charge in [-0.15, -0.1) is 0 Å². The highest BCUT2D eigenvalue weighted by molar-refractivity contribution is 5.21. The molecule has 138 valence electrons. The number of nitrogens with one attached hydrogen (secondary N) is 1. The molecule has 0 aliphatic carbocycles. The minimum Gasteiger partial charge on any atom is -0.478 e. The van der Waals surface area contributed by atoms with Crippen LogP contribution in [0, 0.1) is 0 Å². The first-order chi connectivity index (χ1) is 11.8. The van der Waals surface area contributed by atoms with Gasteiger partial charge in [-0.3, -0.25) is 0 Å². The fourth-order valence-corrected chi connectivity index (χ4v) is 2.81. The van der Waals surface area contributed by atoms with E-state index >= 15 is 0 Å². The molecule has 0 spiro atoms. The molecule has 0 saturated carbocycles. The lowest BCUT2D eigenvalue weighted by atomic mass is 10.1. The topological polar surface area (TPSA) is 43.4 Å². The molecular formula is C20H36N2O2. The van der Waals surface area contributed by atoms with Gasteiger partial charge in [-0.05, 0) is 25.5 Å².